The highest BCUT2D eigenvalue weighted by Crippen LogP contribution is 2.19. The predicted octanol–water partition coefficient (Wildman–Crippen LogP) is 2.53. The van der Waals surface area contributed by atoms with E-state index >= 15 is 0 Å². The van der Waals surface area contributed by atoms with E-state index in [4.69, 9.17) is 4.74 Å². The molecule has 1 aliphatic heterocycles. The number of rotatable bonds is 6. The molecule has 0 atom stereocenters. The molecule has 3 rings (SSSR count). The van der Waals surface area contributed by atoms with Crippen molar-refractivity contribution in [3.63, 3.8) is 0 Å². The van der Waals surface area contributed by atoms with Gasteiger partial charge >= 0.3 is 0 Å². The molecule has 0 spiro atoms. The van der Waals surface area contributed by atoms with Crippen molar-refractivity contribution in [2.45, 2.75) is 25.1 Å². The quantitative estimate of drug-likeness (QED) is 0.847. The average Bonchev–Trinajstić information content (AvgIpc) is 2.92. The van der Waals surface area contributed by atoms with Gasteiger partial charge in [-0.15, -0.1) is 0 Å². The lowest BCUT2D eigenvalue weighted by molar-refractivity contribution is 0.0601. The summed E-state index contributed by atoms with van der Waals surface area (Å²) in [6.45, 7) is 2.16. The molecule has 1 aliphatic rings. The third-order valence-corrected chi connectivity index (χ3v) is 5.23. The number of hydrogen-bond acceptors (Lipinski definition) is 4. The summed E-state index contributed by atoms with van der Waals surface area (Å²) in [7, 11) is -3.80. The second kappa shape index (κ2) is 7.49. The number of hydrogen-bond donors (Lipinski definition) is 1. The van der Waals surface area contributed by atoms with E-state index in [1.54, 1.807) is 10.9 Å². The summed E-state index contributed by atoms with van der Waals surface area (Å²) in [5.41, 5.74) is 0.364. The van der Waals surface area contributed by atoms with E-state index in [2.05, 4.69) is 9.82 Å². The average molecular weight is 371 g/mol. The summed E-state index contributed by atoms with van der Waals surface area (Å²) < 4.78 is 60.1. The van der Waals surface area contributed by atoms with E-state index in [1.807, 2.05) is 0 Å². The lowest BCUT2D eigenvalue weighted by atomic mass is 10.0. The van der Waals surface area contributed by atoms with Crippen molar-refractivity contribution in [1.82, 2.24) is 9.78 Å². The monoisotopic (exact) mass is 371 g/mol. The molecule has 1 N–H and O–H groups in total. The molecular weight excluding hydrogens is 352 g/mol. The molecule has 1 aromatic carbocycles. The largest absolute Gasteiger partial charge is 0.381 e. The van der Waals surface area contributed by atoms with Gasteiger partial charge in [0, 0.05) is 32.0 Å². The zero-order valence-electron chi connectivity index (χ0n) is 13.5. The van der Waals surface area contributed by atoms with Gasteiger partial charge in [0.05, 0.1) is 17.6 Å². The van der Waals surface area contributed by atoms with Crippen LogP contribution in [0, 0.1) is 17.6 Å². The van der Waals surface area contributed by atoms with E-state index < -0.39 is 27.4 Å². The minimum Gasteiger partial charge on any atom is -0.381 e. The second-order valence-corrected chi connectivity index (χ2v) is 7.87. The van der Waals surface area contributed by atoms with Crippen LogP contribution in [-0.2, 0) is 27.1 Å². The van der Waals surface area contributed by atoms with E-state index in [0.717, 1.165) is 38.2 Å². The highest BCUT2D eigenvalue weighted by molar-refractivity contribution is 7.91. The first kappa shape index (κ1) is 17.8. The van der Waals surface area contributed by atoms with Crippen molar-refractivity contribution in [3.8, 4) is 0 Å². The topological polar surface area (TPSA) is 73.2 Å². The van der Waals surface area contributed by atoms with Gasteiger partial charge in [0.2, 0.25) is 10.0 Å². The molecule has 1 fully saturated rings. The predicted molar refractivity (Wildman–Crippen MR) is 88.4 cm³/mol. The van der Waals surface area contributed by atoms with Crippen LogP contribution < -0.4 is 4.72 Å². The van der Waals surface area contributed by atoms with Gasteiger partial charge in [-0.3, -0.25) is 9.40 Å². The Bertz CT molecular complexity index is 813. The van der Waals surface area contributed by atoms with Crippen LogP contribution >= 0.6 is 0 Å². The number of nitrogens with one attached hydrogen (secondary N) is 1. The van der Waals surface area contributed by atoms with E-state index in [9.17, 15) is 17.2 Å². The SMILES string of the molecule is O=S(=O)(Cc1cc(F)cc(F)c1)Nc1cnn(CC2CCOCC2)c1. The molecule has 0 amide bonds. The Morgan fingerprint density at radius 1 is 1.20 bits per heavy atom. The molecule has 1 saturated heterocycles. The van der Waals surface area contributed by atoms with Crippen LogP contribution in [0.5, 0.6) is 0 Å². The van der Waals surface area contributed by atoms with Crippen molar-refractivity contribution in [1.29, 1.82) is 0 Å². The normalized spacial score (nSPS) is 16.1. The Kier molecular flexibility index (Phi) is 5.33. The molecule has 6 nitrogen and oxygen atoms in total. The summed E-state index contributed by atoms with van der Waals surface area (Å²) in [5.74, 6) is -1.69. The fourth-order valence-corrected chi connectivity index (χ4v) is 3.98. The maximum Gasteiger partial charge on any atom is 0.237 e. The molecule has 0 bridgehead atoms. The van der Waals surface area contributed by atoms with Crippen LogP contribution in [0.4, 0.5) is 14.5 Å². The zero-order chi connectivity index (χ0) is 17.9. The van der Waals surface area contributed by atoms with Gasteiger partial charge in [-0.2, -0.15) is 5.10 Å². The second-order valence-electron chi connectivity index (χ2n) is 6.15. The van der Waals surface area contributed by atoms with Crippen LogP contribution in [0.2, 0.25) is 0 Å². The van der Waals surface area contributed by atoms with Crippen molar-refractivity contribution < 1.29 is 21.9 Å². The fourth-order valence-electron chi connectivity index (χ4n) is 2.84. The third kappa shape index (κ3) is 5.23. The molecular formula is C16H19F2N3O3S. The molecule has 0 unspecified atom stereocenters. The van der Waals surface area contributed by atoms with E-state index in [0.29, 0.717) is 24.2 Å². The Hall–Kier alpha value is -2.00. The first-order chi connectivity index (χ1) is 11.9. The van der Waals surface area contributed by atoms with Gasteiger partial charge < -0.3 is 4.74 Å². The Morgan fingerprint density at radius 2 is 1.88 bits per heavy atom. The fraction of sp³-hybridized carbons (Fsp3) is 0.438. The van der Waals surface area contributed by atoms with E-state index in [1.165, 1.54) is 6.20 Å². The molecule has 2 aromatic rings. The van der Waals surface area contributed by atoms with E-state index in [-0.39, 0.29) is 5.56 Å². The molecule has 0 radical (unpaired) electrons. The molecule has 0 saturated carbocycles. The number of benzene rings is 1. The maximum absolute atomic E-state index is 13.2. The van der Waals surface area contributed by atoms with Crippen LogP contribution in [0.1, 0.15) is 18.4 Å². The van der Waals surface area contributed by atoms with Crippen LogP contribution in [0.15, 0.2) is 30.6 Å². The number of ether oxygens (including phenoxy) is 1. The Balaban J connectivity index is 1.62. The molecule has 9 heteroatoms. The van der Waals surface area contributed by atoms with Gasteiger partial charge in [0.25, 0.3) is 0 Å². The maximum atomic E-state index is 13.2. The zero-order valence-corrected chi connectivity index (χ0v) is 14.3. The molecule has 136 valence electrons. The lowest BCUT2D eigenvalue weighted by Gasteiger charge is -2.21. The number of nitrogens with zero attached hydrogens (tertiary/aromatic N) is 2. The number of anilines is 1. The van der Waals surface area contributed by atoms with Crippen molar-refractivity contribution in [3.05, 3.63) is 47.8 Å². The van der Waals surface area contributed by atoms with Crippen LogP contribution in [-0.4, -0.2) is 31.4 Å². The minimum absolute atomic E-state index is 0.0413. The van der Waals surface area contributed by atoms with Gasteiger partial charge in [0.1, 0.15) is 11.6 Å². The summed E-state index contributed by atoms with van der Waals surface area (Å²) in [4.78, 5) is 0. The summed E-state index contributed by atoms with van der Waals surface area (Å²) in [6.07, 6.45) is 4.93. The van der Waals surface area contributed by atoms with Gasteiger partial charge in [-0.1, -0.05) is 0 Å². The van der Waals surface area contributed by atoms with Gasteiger partial charge in [-0.25, -0.2) is 17.2 Å². The van der Waals surface area contributed by atoms with Crippen LogP contribution in [0.3, 0.4) is 0 Å². The number of halogens is 2. The number of sulfonamides is 1. The summed E-state index contributed by atoms with van der Waals surface area (Å²) >= 11 is 0. The van der Waals surface area contributed by atoms with Gasteiger partial charge in [-0.05, 0) is 36.5 Å². The summed E-state index contributed by atoms with van der Waals surface area (Å²) in [6, 6.07) is 2.69. The van der Waals surface area contributed by atoms with Gasteiger partial charge in [0.15, 0.2) is 0 Å². The Labute approximate surface area is 144 Å². The first-order valence-electron chi connectivity index (χ1n) is 7.95. The Morgan fingerprint density at radius 3 is 2.56 bits per heavy atom. The van der Waals surface area contributed by atoms with Crippen molar-refractivity contribution >= 4 is 15.7 Å². The highest BCUT2D eigenvalue weighted by atomic mass is 32.2. The third-order valence-electron chi connectivity index (χ3n) is 3.97. The lowest BCUT2D eigenvalue weighted by Crippen LogP contribution is -2.20. The summed E-state index contributed by atoms with van der Waals surface area (Å²) in [5, 5.41) is 4.16. The smallest absolute Gasteiger partial charge is 0.237 e. The van der Waals surface area contributed by atoms with Crippen molar-refractivity contribution in [2.75, 3.05) is 17.9 Å². The standard InChI is InChI=1S/C16H19F2N3O3S/c17-14-5-13(6-15(18)7-14)11-25(22,23)20-16-8-19-21(10-16)9-12-1-3-24-4-2-12/h5-8,10,12,20H,1-4,9,11H2. The number of aromatic nitrogens is 2. The molecule has 1 aromatic heterocycles. The molecule has 2 heterocycles. The molecule has 25 heavy (non-hydrogen) atoms. The van der Waals surface area contributed by atoms with Crippen LogP contribution in [0.25, 0.3) is 0 Å². The minimum atomic E-state index is -3.80. The van der Waals surface area contributed by atoms with Crippen molar-refractivity contribution in [2.24, 2.45) is 5.92 Å². The first-order valence-corrected chi connectivity index (χ1v) is 9.60. The highest BCUT2D eigenvalue weighted by Gasteiger charge is 2.17. The molecule has 0 aliphatic carbocycles.